The molecule has 1 heteroatoms. The zero-order valence-corrected chi connectivity index (χ0v) is 14.4. The highest BCUT2D eigenvalue weighted by atomic mass is 16.3. The van der Waals surface area contributed by atoms with Gasteiger partial charge in [-0.1, -0.05) is 55.8 Å². The molecule has 0 aliphatic rings. The molecule has 0 amide bonds. The number of fused-ring (bicyclic) bond motifs is 6. The Morgan fingerprint density at radius 3 is 2.28 bits per heavy atom. The third-order valence-electron chi connectivity index (χ3n) is 5.21. The molecule has 0 radical (unpaired) electrons. The van der Waals surface area contributed by atoms with Crippen molar-refractivity contribution in [1.82, 2.24) is 0 Å². The summed E-state index contributed by atoms with van der Waals surface area (Å²) in [5, 5.41) is 9.01. The largest absolute Gasteiger partial charge is 0.461 e. The lowest BCUT2D eigenvalue weighted by Crippen LogP contribution is -1.80. The van der Waals surface area contributed by atoms with E-state index in [-0.39, 0.29) is 0 Å². The lowest BCUT2D eigenvalue weighted by Gasteiger charge is -2.07. The van der Waals surface area contributed by atoms with Crippen LogP contribution < -0.4 is 0 Å². The Hall–Kier alpha value is -2.80. The van der Waals surface area contributed by atoms with Gasteiger partial charge in [0, 0.05) is 11.8 Å². The van der Waals surface area contributed by atoms with Crippen LogP contribution in [0, 0.1) is 0 Å². The van der Waals surface area contributed by atoms with E-state index in [9.17, 15) is 0 Å². The second kappa shape index (κ2) is 5.63. The van der Waals surface area contributed by atoms with E-state index in [4.69, 9.17) is 4.42 Å². The number of aryl methyl sites for hydroxylation is 1. The first kappa shape index (κ1) is 14.5. The summed E-state index contributed by atoms with van der Waals surface area (Å²) in [4.78, 5) is 0. The molecule has 1 aromatic heterocycles. The molecular formula is C24H20O. The van der Waals surface area contributed by atoms with Crippen LogP contribution in [-0.2, 0) is 6.42 Å². The standard InChI is InChI=1S/C24H20O/c1-2-3-8-19-15-23-21-10-9-18-13-16-6-4-5-7-17(16)14-22(18)20(21)11-12-24(23)25-19/h4-7,9-15H,2-3,8H2,1H3. The molecule has 25 heavy (non-hydrogen) atoms. The zero-order chi connectivity index (χ0) is 16.8. The molecule has 0 saturated carbocycles. The second-order valence-electron chi connectivity index (χ2n) is 6.87. The van der Waals surface area contributed by atoms with Crippen molar-refractivity contribution in [2.24, 2.45) is 0 Å². The van der Waals surface area contributed by atoms with Crippen LogP contribution >= 0.6 is 0 Å². The quantitative estimate of drug-likeness (QED) is 0.252. The van der Waals surface area contributed by atoms with Crippen LogP contribution in [0.4, 0.5) is 0 Å². The summed E-state index contributed by atoms with van der Waals surface area (Å²) in [6, 6.07) is 24.2. The summed E-state index contributed by atoms with van der Waals surface area (Å²) in [7, 11) is 0. The molecule has 0 unspecified atom stereocenters. The van der Waals surface area contributed by atoms with Gasteiger partial charge in [0.25, 0.3) is 0 Å². The predicted octanol–water partition coefficient (Wildman–Crippen LogP) is 7.24. The lowest BCUT2D eigenvalue weighted by molar-refractivity contribution is 0.537. The average Bonchev–Trinajstić information content (AvgIpc) is 3.07. The summed E-state index contributed by atoms with van der Waals surface area (Å²) in [5.74, 6) is 1.10. The van der Waals surface area contributed by atoms with Crippen molar-refractivity contribution in [3.63, 3.8) is 0 Å². The monoisotopic (exact) mass is 324 g/mol. The van der Waals surface area contributed by atoms with E-state index in [2.05, 4.69) is 73.7 Å². The van der Waals surface area contributed by atoms with Crippen molar-refractivity contribution < 1.29 is 4.42 Å². The molecule has 0 spiro atoms. The van der Waals surface area contributed by atoms with Crippen LogP contribution in [0.3, 0.4) is 0 Å². The van der Waals surface area contributed by atoms with Crippen LogP contribution in [0.2, 0.25) is 0 Å². The van der Waals surface area contributed by atoms with Gasteiger partial charge in [-0.25, -0.2) is 0 Å². The van der Waals surface area contributed by atoms with E-state index >= 15 is 0 Å². The number of rotatable bonds is 3. The predicted molar refractivity (Wildman–Crippen MR) is 107 cm³/mol. The van der Waals surface area contributed by atoms with E-state index in [1.54, 1.807) is 0 Å². The lowest BCUT2D eigenvalue weighted by atomic mass is 9.97. The first-order chi connectivity index (χ1) is 12.3. The van der Waals surface area contributed by atoms with Gasteiger partial charge in [0.2, 0.25) is 0 Å². The van der Waals surface area contributed by atoms with Crippen LogP contribution in [0.25, 0.3) is 43.3 Å². The van der Waals surface area contributed by atoms with Gasteiger partial charge in [0.15, 0.2) is 0 Å². The van der Waals surface area contributed by atoms with Crippen LogP contribution in [0.5, 0.6) is 0 Å². The van der Waals surface area contributed by atoms with Gasteiger partial charge in [-0.15, -0.1) is 0 Å². The maximum Gasteiger partial charge on any atom is 0.134 e. The van der Waals surface area contributed by atoms with Crippen molar-refractivity contribution in [2.75, 3.05) is 0 Å². The molecule has 5 rings (SSSR count). The van der Waals surface area contributed by atoms with Crippen molar-refractivity contribution in [3.8, 4) is 0 Å². The van der Waals surface area contributed by atoms with E-state index in [1.807, 2.05) is 0 Å². The van der Waals surface area contributed by atoms with Crippen LogP contribution in [-0.4, -0.2) is 0 Å². The molecule has 122 valence electrons. The molecule has 4 aromatic carbocycles. The van der Waals surface area contributed by atoms with Gasteiger partial charge >= 0.3 is 0 Å². The molecule has 0 atom stereocenters. The summed E-state index contributed by atoms with van der Waals surface area (Å²) in [6.07, 6.45) is 3.38. The Morgan fingerprint density at radius 2 is 1.44 bits per heavy atom. The van der Waals surface area contributed by atoms with Gasteiger partial charge in [-0.05, 0) is 63.0 Å². The summed E-state index contributed by atoms with van der Waals surface area (Å²) in [6.45, 7) is 2.22. The molecule has 0 aliphatic heterocycles. The Labute approximate surface area is 146 Å². The topological polar surface area (TPSA) is 13.1 Å². The Morgan fingerprint density at radius 1 is 0.680 bits per heavy atom. The SMILES string of the molecule is CCCCc1cc2c(ccc3c4cc5ccccc5cc4ccc23)o1. The molecule has 0 bridgehead atoms. The molecule has 0 saturated heterocycles. The van der Waals surface area contributed by atoms with Crippen molar-refractivity contribution in [3.05, 3.63) is 72.5 Å². The fourth-order valence-electron chi connectivity index (χ4n) is 3.88. The van der Waals surface area contributed by atoms with E-state index < -0.39 is 0 Å². The molecule has 0 fully saturated rings. The minimum atomic E-state index is 0.999. The molecule has 5 aromatic rings. The van der Waals surface area contributed by atoms with E-state index in [1.165, 1.54) is 50.5 Å². The minimum Gasteiger partial charge on any atom is -0.461 e. The Bertz CT molecular complexity index is 1230. The van der Waals surface area contributed by atoms with Crippen molar-refractivity contribution >= 4 is 43.3 Å². The molecule has 1 nitrogen and oxygen atoms in total. The van der Waals surface area contributed by atoms with Crippen molar-refractivity contribution in [1.29, 1.82) is 0 Å². The molecule has 1 heterocycles. The number of furan rings is 1. The average molecular weight is 324 g/mol. The Kier molecular flexibility index (Phi) is 3.27. The summed E-state index contributed by atoms with van der Waals surface area (Å²) >= 11 is 0. The van der Waals surface area contributed by atoms with E-state index in [0.29, 0.717) is 0 Å². The number of benzene rings is 4. The number of hydrogen-bond donors (Lipinski definition) is 0. The van der Waals surface area contributed by atoms with Gasteiger partial charge in [0.1, 0.15) is 11.3 Å². The highest BCUT2D eigenvalue weighted by molar-refractivity contribution is 6.18. The van der Waals surface area contributed by atoms with Crippen molar-refractivity contribution in [2.45, 2.75) is 26.2 Å². The highest BCUT2D eigenvalue weighted by Crippen LogP contribution is 2.34. The normalized spacial score (nSPS) is 11.9. The number of unbranched alkanes of at least 4 members (excludes halogenated alkanes) is 1. The van der Waals surface area contributed by atoms with Gasteiger partial charge < -0.3 is 4.42 Å². The minimum absolute atomic E-state index is 0.999. The molecule has 0 aliphatic carbocycles. The number of hydrogen-bond acceptors (Lipinski definition) is 1. The maximum atomic E-state index is 6.06. The fraction of sp³-hybridized carbons (Fsp3) is 0.167. The summed E-state index contributed by atoms with van der Waals surface area (Å²) < 4.78 is 6.06. The van der Waals surface area contributed by atoms with Gasteiger partial charge in [-0.3, -0.25) is 0 Å². The first-order valence-electron chi connectivity index (χ1n) is 9.10. The smallest absolute Gasteiger partial charge is 0.134 e. The van der Waals surface area contributed by atoms with Crippen LogP contribution in [0.15, 0.2) is 71.1 Å². The first-order valence-corrected chi connectivity index (χ1v) is 9.10. The third-order valence-corrected chi connectivity index (χ3v) is 5.21. The fourth-order valence-corrected chi connectivity index (χ4v) is 3.88. The molecular weight excluding hydrogens is 304 g/mol. The molecule has 0 N–H and O–H groups in total. The third kappa shape index (κ3) is 2.31. The van der Waals surface area contributed by atoms with Gasteiger partial charge in [-0.2, -0.15) is 0 Å². The maximum absolute atomic E-state index is 6.06. The highest BCUT2D eigenvalue weighted by Gasteiger charge is 2.10. The van der Waals surface area contributed by atoms with Crippen LogP contribution in [0.1, 0.15) is 25.5 Å². The summed E-state index contributed by atoms with van der Waals surface area (Å²) in [5.41, 5.74) is 0.999. The Balaban J connectivity index is 1.81. The second-order valence-corrected chi connectivity index (χ2v) is 6.87. The van der Waals surface area contributed by atoms with E-state index in [0.717, 1.165) is 17.8 Å². The van der Waals surface area contributed by atoms with Gasteiger partial charge in [0.05, 0.1) is 0 Å². The zero-order valence-electron chi connectivity index (χ0n) is 14.4.